The molecule has 2 aliphatic heterocycles. The highest BCUT2D eigenvalue weighted by Crippen LogP contribution is 2.35. The number of fused-ring (bicyclic) bond motifs is 2. The van der Waals surface area contributed by atoms with Gasteiger partial charge in [-0.3, -0.25) is 9.78 Å². The first-order valence-electron chi connectivity index (χ1n) is 12.8. The Labute approximate surface area is 234 Å². The number of ether oxygens (including phenoxy) is 1. The van der Waals surface area contributed by atoms with Crippen molar-refractivity contribution in [3.8, 4) is 5.75 Å². The molecule has 3 aromatic rings. The molecular formula is C28H31FN4O6S. The Kier molecular flexibility index (Phi) is 9.91. The first-order valence-corrected chi connectivity index (χ1v) is 13.8. The fraction of sp³-hybridized carbons (Fsp3) is 0.357. The van der Waals surface area contributed by atoms with Crippen LogP contribution in [-0.4, -0.2) is 68.2 Å². The monoisotopic (exact) mass is 570 g/mol. The van der Waals surface area contributed by atoms with Crippen LogP contribution in [0.4, 0.5) is 4.39 Å². The van der Waals surface area contributed by atoms with E-state index in [0.29, 0.717) is 41.6 Å². The third-order valence-corrected chi connectivity index (χ3v) is 7.72. The number of aromatic nitrogens is 2. The summed E-state index contributed by atoms with van der Waals surface area (Å²) in [6.07, 6.45) is 5.64. The minimum Gasteiger partial charge on any atom is -0.480 e. The van der Waals surface area contributed by atoms with Gasteiger partial charge in [-0.2, -0.15) is 0 Å². The average Bonchev–Trinajstić information content (AvgIpc) is 3.41. The lowest BCUT2D eigenvalue weighted by molar-refractivity contribution is -0.134. The van der Waals surface area contributed by atoms with Gasteiger partial charge in [0, 0.05) is 50.0 Å². The van der Waals surface area contributed by atoms with Crippen molar-refractivity contribution < 1.29 is 28.9 Å². The molecule has 0 unspecified atom stereocenters. The summed E-state index contributed by atoms with van der Waals surface area (Å²) in [6, 6.07) is 9.13. The average molecular weight is 571 g/mol. The maximum atomic E-state index is 14.6. The number of aliphatic carboxylic acids is 2. The largest absolute Gasteiger partial charge is 0.480 e. The van der Waals surface area contributed by atoms with Crippen LogP contribution in [0.1, 0.15) is 24.1 Å². The van der Waals surface area contributed by atoms with E-state index >= 15 is 0 Å². The maximum Gasteiger partial charge on any atom is 0.328 e. The van der Waals surface area contributed by atoms with Crippen molar-refractivity contribution in [1.29, 1.82) is 0 Å². The molecule has 5 rings (SSSR count). The highest BCUT2D eigenvalue weighted by atomic mass is 32.2. The van der Waals surface area contributed by atoms with Gasteiger partial charge >= 0.3 is 11.9 Å². The number of hydrogen-bond donors (Lipinski definition) is 3. The van der Waals surface area contributed by atoms with E-state index in [9.17, 15) is 18.8 Å². The van der Waals surface area contributed by atoms with E-state index < -0.39 is 11.9 Å². The summed E-state index contributed by atoms with van der Waals surface area (Å²) in [5.74, 6) is -1.19. The second-order valence-electron chi connectivity index (χ2n) is 9.48. The predicted octanol–water partition coefficient (Wildman–Crippen LogP) is 3.02. The standard InChI is InChI=1S/C24H27FN4O2S.C4H4O4/c1-28-23(30)5-3-16-2-4-20(25)19(24(16)28)8-11-29-9-6-17(7-10-29)26-13-18-12-22-21(14-27-18)31-15-32-22;5-3(6)1-2-4(7)8/h2-5,12,14,17,26H,6-11,13,15H2,1H3;1-2H,(H,5,6)(H,7,8). The SMILES string of the molecule is Cn1c(=O)ccc2ccc(F)c(CCN3CCC(NCc4cc5c(cn4)OCS5)CC3)c21.O=C(O)C=CC(=O)O. The van der Waals surface area contributed by atoms with Crippen molar-refractivity contribution in [1.82, 2.24) is 19.8 Å². The zero-order chi connectivity index (χ0) is 28.6. The molecule has 212 valence electrons. The Morgan fingerprint density at radius 1 is 1.18 bits per heavy atom. The summed E-state index contributed by atoms with van der Waals surface area (Å²) in [5, 5.41) is 20.2. The summed E-state index contributed by atoms with van der Waals surface area (Å²) >= 11 is 1.71. The van der Waals surface area contributed by atoms with Crippen LogP contribution in [0.15, 0.2) is 58.4 Å². The van der Waals surface area contributed by atoms with Crippen molar-refractivity contribution >= 4 is 34.6 Å². The molecule has 1 saturated heterocycles. The second-order valence-corrected chi connectivity index (χ2v) is 10.4. The molecule has 0 atom stereocenters. The Balaban J connectivity index is 0.000000406. The molecule has 10 nitrogen and oxygen atoms in total. The molecule has 0 bridgehead atoms. The lowest BCUT2D eigenvalue weighted by atomic mass is 10.0. The van der Waals surface area contributed by atoms with Gasteiger partial charge in [0.05, 0.1) is 22.3 Å². The van der Waals surface area contributed by atoms with E-state index in [0.717, 1.165) is 55.9 Å². The fourth-order valence-corrected chi connectivity index (χ4v) is 5.53. The summed E-state index contributed by atoms with van der Waals surface area (Å²) < 4.78 is 21.7. The number of nitrogens with one attached hydrogen (secondary N) is 1. The second kappa shape index (κ2) is 13.6. The lowest BCUT2D eigenvalue weighted by Crippen LogP contribution is -2.43. The Bertz CT molecular complexity index is 1450. The number of pyridine rings is 2. The zero-order valence-corrected chi connectivity index (χ0v) is 22.8. The summed E-state index contributed by atoms with van der Waals surface area (Å²) in [4.78, 5) is 39.2. The Morgan fingerprint density at radius 2 is 1.88 bits per heavy atom. The molecule has 0 radical (unpaired) electrons. The number of carboxylic acids is 2. The van der Waals surface area contributed by atoms with E-state index in [1.807, 2.05) is 6.20 Å². The van der Waals surface area contributed by atoms with Gasteiger partial charge in [-0.25, -0.2) is 14.0 Å². The van der Waals surface area contributed by atoms with E-state index in [2.05, 4.69) is 21.3 Å². The molecule has 2 aromatic heterocycles. The Morgan fingerprint density at radius 3 is 2.58 bits per heavy atom. The van der Waals surface area contributed by atoms with Crippen LogP contribution in [0.2, 0.25) is 0 Å². The van der Waals surface area contributed by atoms with Gasteiger partial charge in [0.2, 0.25) is 0 Å². The molecule has 0 spiro atoms. The minimum atomic E-state index is -1.26. The van der Waals surface area contributed by atoms with Gasteiger partial charge < -0.3 is 29.7 Å². The van der Waals surface area contributed by atoms with Gasteiger partial charge in [-0.05, 0) is 62.0 Å². The summed E-state index contributed by atoms with van der Waals surface area (Å²) in [5.41, 5.74) is 2.27. The van der Waals surface area contributed by atoms with Crippen LogP contribution in [0.25, 0.3) is 10.9 Å². The van der Waals surface area contributed by atoms with Crippen LogP contribution in [0.3, 0.4) is 0 Å². The fourth-order valence-electron chi connectivity index (χ4n) is 4.74. The van der Waals surface area contributed by atoms with Crippen LogP contribution in [-0.2, 0) is 29.6 Å². The number of nitrogens with zero attached hydrogens (tertiary/aromatic N) is 3. The molecular weight excluding hydrogens is 539 g/mol. The number of likely N-dealkylation sites (tertiary alicyclic amines) is 1. The molecule has 4 heterocycles. The predicted molar refractivity (Wildman–Crippen MR) is 149 cm³/mol. The molecule has 1 aromatic carbocycles. The third kappa shape index (κ3) is 7.68. The maximum absolute atomic E-state index is 14.6. The molecule has 0 aliphatic carbocycles. The topological polar surface area (TPSA) is 134 Å². The number of rotatable bonds is 8. The molecule has 0 amide bonds. The molecule has 0 saturated carbocycles. The van der Waals surface area contributed by atoms with Crippen LogP contribution >= 0.6 is 11.8 Å². The van der Waals surface area contributed by atoms with Crippen molar-refractivity contribution in [2.45, 2.75) is 36.7 Å². The van der Waals surface area contributed by atoms with E-state index in [1.54, 1.807) is 35.5 Å². The quantitative estimate of drug-likeness (QED) is 0.347. The first kappa shape index (κ1) is 29.2. The number of hydrogen-bond acceptors (Lipinski definition) is 8. The molecule has 1 fully saturated rings. The third-order valence-electron chi connectivity index (χ3n) is 6.85. The number of carbonyl (C=O) groups is 2. The van der Waals surface area contributed by atoms with Gasteiger partial charge in [0.15, 0.2) is 5.75 Å². The van der Waals surface area contributed by atoms with Crippen LogP contribution in [0, 0.1) is 5.82 Å². The molecule has 2 aliphatic rings. The number of piperidine rings is 1. The molecule has 3 N–H and O–H groups in total. The Hall–Kier alpha value is -3.74. The lowest BCUT2D eigenvalue weighted by Gasteiger charge is -2.32. The number of halogens is 1. The minimum absolute atomic E-state index is 0.111. The zero-order valence-electron chi connectivity index (χ0n) is 22.0. The van der Waals surface area contributed by atoms with Gasteiger partial charge in [0.1, 0.15) is 11.8 Å². The molecule has 40 heavy (non-hydrogen) atoms. The highest BCUT2D eigenvalue weighted by molar-refractivity contribution is 7.99. The number of benzene rings is 1. The van der Waals surface area contributed by atoms with Gasteiger partial charge in [-0.1, -0.05) is 11.8 Å². The van der Waals surface area contributed by atoms with E-state index in [4.69, 9.17) is 14.9 Å². The van der Waals surface area contributed by atoms with Crippen molar-refractivity contribution in [3.05, 3.63) is 76.1 Å². The van der Waals surface area contributed by atoms with E-state index in [1.165, 1.54) is 17.0 Å². The highest BCUT2D eigenvalue weighted by Gasteiger charge is 2.21. The van der Waals surface area contributed by atoms with E-state index in [-0.39, 0.29) is 11.4 Å². The van der Waals surface area contributed by atoms with Crippen LogP contribution in [0.5, 0.6) is 5.75 Å². The number of aryl methyl sites for hydroxylation is 1. The normalized spacial score (nSPS) is 15.4. The van der Waals surface area contributed by atoms with Crippen molar-refractivity contribution in [2.24, 2.45) is 7.05 Å². The number of thioether (sulfide) groups is 1. The summed E-state index contributed by atoms with van der Waals surface area (Å²) in [6.45, 7) is 3.50. The smallest absolute Gasteiger partial charge is 0.328 e. The van der Waals surface area contributed by atoms with Gasteiger partial charge in [-0.15, -0.1) is 0 Å². The van der Waals surface area contributed by atoms with Crippen molar-refractivity contribution in [3.63, 3.8) is 0 Å². The van der Waals surface area contributed by atoms with Gasteiger partial charge in [0.25, 0.3) is 5.56 Å². The van der Waals surface area contributed by atoms with Crippen LogP contribution < -0.4 is 15.6 Å². The first-order chi connectivity index (χ1) is 19.2. The molecule has 12 heteroatoms. The number of carboxylic acid groups (broad SMARTS) is 2. The van der Waals surface area contributed by atoms with Crippen molar-refractivity contribution in [2.75, 3.05) is 25.6 Å². The summed E-state index contributed by atoms with van der Waals surface area (Å²) in [7, 11) is 1.71.